The molecule has 0 spiro atoms. The minimum Gasteiger partial charge on any atom is -0.356 e. The van der Waals surface area contributed by atoms with Crippen molar-refractivity contribution in [3.8, 4) is 0 Å². The van der Waals surface area contributed by atoms with Crippen LogP contribution in [-0.2, 0) is 14.4 Å². The summed E-state index contributed by atoms with van der Waals surface area (Å²) in [5, 5.41) is 0. The minimum atomic E-state index is -0.814. The Balaban J connectivity index is 2.24. The number of hydrazine groups is 1. The van der Waals surface area contributed by atoms with Gasteiger partial charge in [-0.2, -0.15) is 0 Å². The van der Waals surface area contributed by atoms with Crippen LogP contribution in [0.2, 0.25) is 0 Å². The number of carbonyl (C=O) groups is 3. The lowest BCUT2D eigenvalue weighted by atomic mass is 10.1. The van der Waals surface area contributed by atoms with E-state index in [0.29, 0.717) is 0 Å². The van der Waals surface area contributed by atoms with Gasteiger partial charge >= 0.3 is 5.97 Å². The molecule has 3 N–H and O–H groups in total. The number of hydrogen-bond acceptors (Lipinski definition) is 6. The number of ketones is 1. The molecule has 0 aliphatic carbocycles. The van der Waals surface area contributed by atoms with Gasteiger partial charge in [0, 0.05) is 6.54 Å². The Morgan fingerprint density at radius 2 is 2.15 bits per heavy atom. The van der Waals surface area contributed by atoms with Crippen molar-refractivity contribution in [1.29, 1.82) is 0 Å². The Kier molecular flexibility index (Phi) is 4.12. The summed E-state index contributed by atoms with van der Waals surface area (Å²) in [7, 11) is 0. The Labute approximate surface area is 120 Å². The maximum Gasteiger partial charge on any atom is 0.328 e. The fourth-order valence-electron chi connectivity index (χ4n) is 1.83. The topological polar surface area (TPSA) is 102 Å². The number of halogens is 2. The molecule has 9 heteroatoms. The molecule has 1 aliphatic rings. The van der Waals surface area contributed by atoms with Gasteiger partial charge in [0.25, 0.3) is 11.7 Å². The van der Waals surface area contributed by atoms with Gasteiger partial charge in [-0.3, -0.25) is 14.4 Å². The van der Waals surface area contributed by atoms with Crippen LogP contribution in [0.5, 0.6) is 0 Å². The number of nitrogens with one attached hydrogen (secondary N) is 1. The summed E-state index contributed by atoms with van der Waals surface area (Å²) in [4.78, 5) is 40.0. The van der Waals surface area contributed by atoms with Crippen LogP contribution in [-0.4, -0.2) is 24.2 Å². The van der Waals surface area contributed by atoms with Crippen molar-refractivity contribution >= 4 is 39.3 Å². The number of nitrogens with two attached hydrogens (primary N) is 1. The highest BCUT2D eigenvalue weighted by Gasteiger charge is 2.36. The van der Waals surface area contributed by atoms with Gasteiger partial charge in [0.15, 0.2) is 0 Å². The van der Waals surface area contributed by atoms with Gasteiger partial charge in [-0.25, -0.2) is 10.2 Å². The van der Waals surface area contributed by atoms with Crippen LogP contribution in [0, 0.1) is 5.82 Å². The number of rotatable bonds is 4. The van der Waals surface area contributed by atoms with Crippen LogP contribution < -0.4 is 16.3 Å². The number of hydrogen-bond donors (Lipinski definition) is 2. The van der Waals surface area contributed by atoms with E-state index >= 15 is 0 Å². The smallest absolute Gasteiger partial charge is 0.328 e. The van der Waals surface area contributed by atoms with Crippen molar-refractivity contribution in [2.45, 2.75) is 6.42 Å². The average Bonchev–Trinajstić information content (AvgIpc) is 2.62. The van der Waals surface area contributed by atoms with E-state index in [1.54, 1.807) is 5.59 Å². The van der Waals surface area contributed by atoms with Crippen LogP contribution in [0.25, 0.3) is 0 Å². The molecule has 0 atom stereocenters. The largest absolute Gasteiger partial charge is 0.356 e. The predicted molar refractivity (Wildman–Crippen MR) is 68.8 cm³/mol. The number of carbonyl (C=O) groups excluding carboxylic acids is 3. The Morgan fingerprint density at radius 1 is 1.45 bits per heavy atom. The quantitative estimate of drug-likeness (QED) is 0.466. The zero-order chi connectivity index (χ0) is 14.9. The third-order valence-corrected chi connectivity index (χ3v) is 3.33. The normalized spacial score (nSPS) is 13.7. The molecule has 0 bridgehead atoms. The van der Waals surface area contributed by atoms with Crippen LogP contribution >= 0.6 is 15.9 Å². The van der Waals surface area contributed by atoms with E-state index < -0.39 is 23.5 Å². The van der Waals surface area contributed by atoms with Crippen LogP contribution in [0.4, 0.5) is 10.1 Å². The van der Waals surface area contributed by atoms with Gasteiger partial charge in [0.1, 0.15) is 5.82 Å². The van der Waals surface area contributed by atoms with Gasteiger partial charge < -0.3 is 9.74 Å². The van der Waals surface area contributed by atoms with E-state index in [0.717, 1.165) is 11.0 Å². The van der Waals surface area contributed by atoms with Gasteiger partial charge in [-0.1, -0.05) is 5.59 Å². The molecule has 7 nitrogen and oxygen atoms in total. The van der Waals surface area contributed by atoms with Crippen LogP contribution in [0.1, 0.15) is 16.8 Å². The summed E-state index contributed by atoms with van der Waals surface area (Å²) in [6.07, 6.45) is -0.194. The zero-order valence-corrected chi connectivity index (χ0v) is 11.6. The van der Waals surface area contributed by atoms with E-state index in [4.69, 9.17) is 5.84 Å². The first kappa shape index (κ1) is 14.6. The molecule has 1 aromatic carbocycles. The molecule has 0 saturated heterocycles. The molecule has 0 fully saturated rings. The highest BCUT2D eigenvalue weighted by molar-refractivity contribution is 9.10. The highest BCUT2D eigenvalue weighted by Crippen LogP contribution is 2.33. The van der Waals surface area contributed by atoms with Crippen LogP contribution in [0.3, 0.4) is 0 Å². The standard InChI is InChI=1S/C11H9BrFN3O4/c12-6-3-5-8(4-7(6)13)16(11(19)10(5)18)2-1-9(17)20-15-14/h3-4,15H,1-2,14H2. The fraction of sp³-hybridized carbons (Fsp3) is 0.182. The molecule has 20 heavy (non-hydrogen) atoms. The first-order valence-corrected chi connectivity index (χ1v) is 6.25. The first-order chi connectivity index (χ1) is 9.45. The lowest BCUT2D eigenvalue weighted by molar-refractivity contribution is -0.150. The molecule has 1 heterocycles. The molecule has 0 unspecified atom stereocenters. The van der Waals surface area contributed by atoms with Gasteiger partial charge in [-0.15, -0.1) is 0 Å². The predicted octanol–water partition coefficient (Wildman–Crippen LogP) is 0.429. The number of nitrogens with zero attached hydrogens (tertiary/aromatic N) is 1. The molecule has 0 saturated carbocycles. The number of anilines is 1. The summed E-state index contributed by atoms with van der Waals surface area (Å²) in [6, 6.07) is 2.30. The lowest BCUT2D eigenvalue weighted by Gasteiger charge is -2.15. The number of benzene rings is 1. The summed E-state index contributed by atoms with van der Waals surface area (Å²) in [5.41, 5.74) is 1.94. The molecular weight excluding hydrogens is 337 g/mol. The second-order valence-corrected chi connectivity index (χ2v) is 4.77. The number of Topliss-reactive ketones (excluding diaryl/α,β-unsaturated/α-hetero) is 1. The molecule has 1 amide bonds. The summed E-state index contributed by atoms with van der Waals surface area (Å²) < 4.78 is 13.6. The van der Waals surface area contributed by atoms with Crippen molar-refractivity contribution in [3.05, 3.63) is 28.0 Å². The monoisotopic (exact) mass is 345 g/mol. The molecule has 0 aromatic heterocycles. The number of fused-ring (bicyclic) bond motifs is 1. The van der Waals surface area contributed by atoms with E-state index in [1.807, 2.05) is 0 Å². The van der Waals surface area contributed by atoms with E-state index in [2.05, 4.69) is 20.8 Å². The molecule has 0 radical (unpaired) electrons. The van der Waals surface area contributed by atoms with Gasteiger partial charge in [0.2, 0.25) is 0 Å². The summed E-state index contributed by atoms with van der Waals surface area (Å²) in [5.74, 6) is 1.92. The Morgan fingerprint density at radius 3 is 2.80 bits per heavy atom. The van der Waals surface area contributed by atoms with Crippen molar-refractivity contribution in [2.24, 2.45) is 5.84 Å². The third-order valence-electron chi connectivity index (χ3n) is 2.73. The summed E-state index contributed by atoms with van der Waals surface area (Å²) >= 11 is 2.95. The molecule has 1 aliphatic heterocycles. The van der Waals surface area contributed by atoms with E-state index in [1.165, 1.54) is 6.07 Å². The second kappa shape index (κ2) is 5.65. The minimum absolute atomic E-state index is 0.0889. The Hall–Kier alpha value is -1.84. The van der Waals surface area contributed by atoms with Gasteiger partial charge in [-0.05, 0) is 28.1 Å². The molecule has 1 aromatic rings. The van der Waals surface area contributed by atoms with Crippen molar-refractivity contribution in [3.63, 3.8) is 0 Å². The number of amides is 1. The maximum atomic E-state index is 13.5. The zero-order valence-electron chi connectivity index (χ0n) is 9.98. The van der Waals surface area contributed by atoms with Crippen molar-refractivity contribution < 1.29 is 23.6 Å². The van der Waals surface area contributed by atoms with Gasteiger partial charge in [0.05, 0.1) is 22.1 Å². The summed E-state index contributed by atoms with van der Waals surface area (Å²) in [6.45, 7) is -0.112. The highest BCUT2D eigenvalue weighted by atomic mass is 79.9. The second-order valence-electron chi connectivity index (χ2n) is 3.91. The van der Waals surface area contributed by atoms with E-state index in [-0.39, 0.29) is 28.7 Å². The van der Waals surface area contributed by atoms with E-state index in [9.17, 15) is 18.8 Å². The molecule has 106 valence electrons. The van der Waals surface area contributed by atoms with Crippen molar-refractivity contribution in [2.75, 3.05) is 11.4 Å². The maximum absolute atomic E-state index is 13.5. The molecule has 2 rings (SSSR count). The van der Waals surface area contributed by atoms with Crippen LogP contribution in [0.15, 0.2) is 16.6 Å². The molecular formula is C11H9BrFN3O4. The lowest BCUT2D eigenvalue weighted by Crippen LogP contribution is -2.33. The third kappa shape index (κ3) is 2.55. The first-order valence-electron chi connectivity index (χ1n) is 5.46. The van der Waals surface area contributed by atoms with Crippen molar-refractivity contribution in [1.82, 2.24) is 5.59 Å². The average molecular weight is 346 g/mol. The fourth-order valence-corrected chi connectivity index (χ4v) is 2.17. The SMILES string of the molecule is NNOC(=O)CCN1C(=O)C(=O)c2cc(Br)c(F)cc21. The Bertz CT molecular complexity index is 608.